The second kappa shape index (κ2) is 6.16. The zero-order chi connectivity index (χ0) is 13.8. The van der Waals surface area contributed by atoms with Gasteiger partial charge in [-0.25, -0.2) is 0 Å². The SMILES string of the molecule is CC(C)c1noc(COc2ccc(Br)c(CN)c2)n1. The normalized spacial score (nSPS) is 11.0. The van der Waals surface area contributed by atoms with Crippen LogP contribution < -0.4 is 10.5 Å². The van der Waals surface area contributed by atoms with Crippen molar-refractivity contribution in [2.24, 2.45) is 5.73 Å². The molecule has 19 heavy (non-hydrogen) atoms. The second-order valence-electron chi connectivity index (χ2n) is 4.45. The predicted octanol–water partition coefficient (Wildman–Crippen LogP) is 2.99. The summed E-state index contributed by atoms with van der Waals surface area (Å²) in [5, 5.41) is 3.88. The van der Waals surface area contributed by atoms with Gasteiger partial charge < -0.3 is 15.0 Å². The highest BCUT2D eigenvalue weighted by Gasteiger charge is 2.10. The van der Waals surface area contributed by atoms with Gasteiger partial charge >= 0.3 is 0 Å². The molecule has 0 atom stereocenters. The molecule has 1 aromatic heterocycles. The van der Waals surface area contributed by atoms with Crippen LogP contribution in [0.3, 0.4) is 0 Å². The minimum absolute atomic E-state index is 0.244. The van der Waals surface area contributed by atoms with E-state index in [4.69, 9.17) is 15.0 Å². The zero-order valence-electron chi connectivity index (χ0n) is 10.9. The van der Waals surface area contributed by atoms with Crippen molar-refractivity contribution in [3.05, 3.63) is 40.0 Å². The Labute approximate surface area is 120 Å². The van der Waals surface area contributed by atoms with Crippen LogP contribution in [0, 0.1) is 0 Å². The third kappa shape index (κ3) is 3.54. The molecule has 5 nitrogen and oxygen atoms in total. The average molecular weight is 326 g/mol. The summed E-state index contributed by atoms with van der Waals surface area (Å²) in [4.78, 5) is 4.25. The van der Waals surface area contributed by atoms with Crippen molar-refractivity contribution < 1.29 is 9.26 Å². The predicted molar refractivity (Wildman–Crippen MR) is 74.8 cm³/mol. The van der Waals surface area contributed by atoms with Crippen molar-refractivity contribution in [1.82, 2.24) is 10.1 Å². The third-order valence-corrected chi connectivity index (χ3v) is 3.37. The first kappa shape index (κ1) is 14.0. The molecule has 2 rings (SSSR count). The molecule has 0 saturated heterocycles. The van der Waals surface area contributed by atoms with E-state index in [0.29, 0.717) is 18.3 Å². The van der Waals surface area contributed by atoms with E-state index in [1.165, 1.54) is 0 Å². The molecule has 0 fully saturated rings. The smallest absolute Gasteiger partial charge is 0.264 e. The number of aromatic nitrogens is 2. The number of halogens is 1. The van der Waals surface area contributed by atoms with Crippen LogP contribution in [0.25, 0.3) is 0 Å². The zero-order valence-corrected chi connectivity index (χ0v) is 12.5. The summed E-state index contributed by atoms with van der Waals surface area (Å²) in [7, 11) is 0. The lowest BCUT2D eigenvalue weighted by molar-refractivity contribution is 0.242. The number of nitrogens with zero attached hydrogens (tertiary/aromatic N) is 2. The highest BCUT2D eigenvalue weighted by atomic mass is 79.9. The average Bonchev–Trinajstić information content (AvgIpc) is 2.87. The molecule has 0 bridgehead atoms. The molecule has 2 N–H and O–H groups in total. The topological polar surface area (TPSA) is 74.2 Å². The van der Waals surface area contributed by atoms with Gasteiger partial charge in [0.2, 0.25) is 0 Å². The Balaban J connectivity index is 2.01. The van der Waals surface area contributed by atoms with Gasteiger partial charge in [-0.3, -0.25) is 0 Å². The van der Waals surface area contributed by atoms with Gasteiger partial charge in [0.15, 0.2) is 12.4 Å². The standard InChI is InChI=1S/C13H16BrN3O2/c1-8(2)13-16-12(19-17-13)7-18-10-3-4-11(14)9(5-10)6-15/h3-5,8H,6-7,15H2,1-2H3. The van der Waals surface area contributed by atoms with E-state index >= 15 is 0 Å². The van der Waals surface area contributed by atoms with Gasteiger partial charge in [-0.1, -0.05) is 34.9 Å². The molecule has 0 spiro atoms. The Morgan fingerprint density at radius 1 is 1.42 bits per heavy atom. The Hall–Kier alpha value is -1.40. The summed E-state index contributed by atoms with van der Waals surface area (Å²) in [6, 6.07) is 5.66. The molecule has 0 aliphatic carbocycles. The summed E-state index contributed by atoms with van der Waals surface area (Å²) in [6.45, 7) is 4.73. The minimum Gasteiger partial charge on any atom is -0.484 e. The van der Waals surface area contributed by atoms with Crippen LogP contribution in [-0.4, -0.2) is 10.1 Å². The number of hydrogen-bond acceptors (Lipinski definition) is 5. The molecule has 1 aromatic carbocycles. The first-order valence-corrected chi connectivity index (χ1v) is 6.83. The van der Waals surface area contributed by atoms with Crippen molar-refractivity contribution in [1.29, 1.82) is 0 Å². The second-order valence-corrected chi connectivity index (χ2v) is 5.30. The van der Waals surface area contributed by atoms with E-state index in [1.54, 1.807) is 0 Å². The highest BCUT2D eigenvalue weighted by Crippen LogP contribution is 2.22. The van der Waals surface area contributed by atoms with Crippen LogP contribution in [0.4, 0.5) is 0 Å². The first-order valence-electron chi connectivity index (χ1n) is 6.04. The van der Waals surface area contributed by atoms with Crippen LogP contribution in [-0.2, 0) is 13.2 Å². The fourth-order valence-corrected chi connectivity index (χ4v) is 1.91. The fraction of sp³-hybridized carbons (Fsp3) is 0.385. The van der Waals surface area contributed by atoms with Gasteiger partial charge in [-0.2, -0.15) is 4.98 Å². The Morgan fingerprint density at radius 2 is 2.21 bits per heavy atom. The summed E-state index contributed by atoms with van der Waals surface area (Å²) in [5.74, 6) is 2.14. The van der Waals surface area contributed by atoms with Crippen molar-refractivity contribution >= 4 is 15.9 Å². The van der Waals surface area contributed by atoms with Crippen LogP contribution in [0.15, 0.2) is 27.2 Å². The van der Waals surface area contributed by atoms with E-state index in [0.717, 1.165) is 15.8 Å². The molecule has 0 saturated carbocycles. The van der Waals surface area contributed by atoms with Gasteiger partial charge in [-0.05, 0) is 23.8 Å². The Bertz CT molecular complexity index is 555. The van der Waals surface area contributed by atoms with E-state index < -0.39 is 0 Å². The molecule has 102 valence electrons. The summed E-state index contributed by atoms with van der Waals surface area (Å²) < 4.78 is 11.7. The molecule has 0 aliphatic heterocycles. The minimum atomic E-state index is 0.244. The maximum absolute atomic E-state index is 5.64. The number of hydrogen-bond donors (Lipinski definition) is 1. The highest BCUT2D eigenvalue weighted by molar-refractivity contribution is 9.10. The van der Waals surface area contributed by atoms with Crippen LogP contribution >= 0.6 is 15.9 Å². The Morgan fingerprint density at radius 3 is 2.84 bits per heavy atom. The van der Waals surface area contributed by atoms with Crippen molar-refractivity contribution in [3.8, 4) is 5.75 Å². The summed E-state index contributed by atoms with van der Waals surface area (Å²) in [5.41, 5.74) is 6.63. The first-order chi connectivity index (χ1) is 9.10. The maximum atomic E-state index is 5.64. The number of nitrogens with two attached hydrogens (primary N) is 1. The maximum Gasteiger partial charge on any atom is 0.264 e. The Kier molecular flexibility index (Phi) is 4.55. The van der Waals surface area contributed by atoms with Gasteiger partial charge in [0, 0.05) is 16.9 Å². The third-order valence-electron chi connectivity index (χ3n) is 2.60. The molecular formula is C13H16BrN3O2. The molecule has 0 amide bonds. The molecular weight excluding hydrogens is 310 g/mol. The van der Waals surface area contributed by atoms with Gasteiger partial charge in [0.05, 0.1) is 0 Å². The molecule has 0 unspecified atom stereocenters. The molecule has 0 aliphatic rings. The summed E-state index contributed by atoms with van der Waals surface area (Å²) in [6.07, 6.45) is 0. The van der Waals surface area contributed by atoms with Gasteiger partial charge in [0.25, 0.3) is 5.89 Å². The lowest BCUT2D eigenvalue weighted by Gasteiger charge is -2.06. The van der Waals surface area contributed by atoms with Gasteiger partial charge in [0.1, 0.15) is 5.75 Å². The number of benzene rings is 1. The van der Waals surface area contributed by atoms with Gasteiger partial charge in [-0.15, -0.1) is 0 Å². The van der Waals surface area contributed by atoms with Crippen LogP contribution in [0.2, 0.25) is 0 Å². The lowest BCUT2D eigenvalue weighted by atomic mass is 10.2. The molecule has 2 aromatic rings. The van der Waals surface area contributed by atoms with Crippen molar-refractivity contribution in [3.63, 3.8) is 0 Å². The monoisotopic (exact) mass is 325 g/mol. The lowest BCUT2D eigenvalue weighted by Crippen LogP contribution is -2.00. The van der Waals surface area contributed by atoms with Crippen LogP contribution in [0.1, 0.15) is 37.0 Å². The van der Waals surface area contributed by atoms with Crippen molar-refractivity contribution in [2.45, 2.75) is 32.9 Å². The van der Waals surface area contributed by atoms with E-state index in [1.807, 2.05) is 32.0 Å². The summed E-state index contributed by atoms with van der Waals surface area (Å²) >= 11 is 3.43. The fourth-order valence-electron chi connectivity index (χ4n) is 1.50. The van der Waals surface area contributed by atoms with E-state index in [9.17, 15) is 0 Å². The molecule has 6 heteroatoms. The van der Waals surface area contributed by atoms with E-state index in [-0.39, 0.29) is 12.5 Å². The molecule has 1 heterocycles. The van der Waals surface area contributed by atoms with Crippen LogP contribution in [0.5, 0.6) is 5.75 Å². The van der Waals surface area contributed by atoms with Crippen molar-refractivity contribution in [2.75, 3.05) is 0 Å². The number of ether oxygens (including phenoxy) is 1. The quantitative estimate of drug-likeness (QED) is 0.914. The largest absolute Gasteiger partial charge is 0.484 e. The number of rotatable bonds is 5. The van der Waals surface area contributed by atoms with E-state index in [2.05, 4.69) is 26.1 Å². The molecule has 0 radical (unpaired) electrons.